The van der Waals surface area contributed by atoms with Crippen molar-refractivity contribution in [3.63, 3.8) is 0 Å². The molecule has 0 saturated heterocycles. The van der Waals surface area contributed by atoms with Gasteiger partial charge in [0.05, 0.1) is 0 Å². The van der Waals surface area contributed by atoms with Crippen molar-refractivity contribution in [3.05, 3.63) is 35.1 Å². The van der Waals surface area contributed by atoms with Crippen molar-refractivity contribution in [2.75, 3.05) is 0 Å². The molecular weight excluding hydrogens is 211 g/mol. The molecule has 1 heteroatoms. The second-order valence-electron chi connectivity index (χ2n) is 6.33. The molecule has 17 heavy (non-hydrogen) atoms. The summed E-state index contributed by atoms with van der Waals surface area (Å²) in [5.74, 6) is 3.30. The van der Waals surface area contributed by atoms with Crippen molar-refractivity contribution in [3.8, 4) is 0 Å². The third-order valence-electron chi connectivity index (χ3n) is 4.79. The van der Waals surface area contributed by atoms with Gasteiger partial charge in [0.25, 0.3) is 0 Å². The van der Waals surface area contributed by atoms with Crippen LogP contribution in [0.2, 0.25) is 0 Å². The number of hydrogen-bond acceptors (Lipinski definition) is 0. The molecule has 1 aromatic carbocycles. The summed E-state index contributed by atoms with van der Waals surface area (Å²) in [7, 11) is 0. The highest BCUT2D eigenvalue weighted by Crippen LogP contribution is 2.52. The fourth-order valence-corrected chi connectivity index (χ4v) is 4.19. The van der Waals surface area contributed by atoms with Crippen molar-refractivity contribution in [1.82, 2.24) is 0 Å². The quantitative estimate of drug-likeness (QED) is 0.660. The SMILES string of the molecule is Cc1cc(F)cc(C2CC3CC(C)CC3C2)c1. The van der Waals surface area contributed by atoms with E-state index in [2.05, 4.69) is 13.0 Å². The largest absolute Gasteiger partial charge is 0.207 e. The van der Waals surface area contributed by atoms with E-state index in [4.69, 9.17) is 0 Å². The van der Waals surface area contributed by atoms with Gasteiger partial charge in [-0.3, -0.25) is 0 Å². The molecule has 2 atom stereocenters. The van der Waals surface area contributed by atoms with Crippen molar-refractivity contribution >= 4 is 0 Å². The third kappa shape index (κ3) is 2.12. The normalized spacial score (nSPS) is 36.2. The van der Waals surface area contributed by atoms with E-state index < -0.39 is 0 Å². The summed E-state index contributed by atoms with van der Waals surface area (Å²) in [5.41, 5.74) is 2.30. The number of hydrogen-bond donors (Lipinski definition) is 0. The topological polar surface area (TPSA) is 0 Å². The molecule has 0 radical (unpaired) electrons. The number of fused-ring (bicyclic) bond motifs is 1. The van der Waals surface area contributed by atoms with Crippen LogP contribution < -0.4 is 0 Å². The van der Waals surface area contributed by atoms with Crippen molar-refractivity contribution in [2.24, 2.45) is 17.8 Å². The molecule has 0 N–H and O–H groups in total. The lowest BCUT2D eigenvalue weighted by Crippen LogP contribution is -1.99. The Bertz CT molecular complexity index is 389. The zero-order chi connectivity index (χ0) is 12.0. The zero-order valence-electron chi connectivity index (χ0n) is 10.7. The fraction of sp³-hybridized carbons (Fsp3) is 0.625. The van der Waals surface area contributed by atoms with E-state index in [0.717, 1.165) is 23.3 Å². The van der Waals surface area contributed by atoms with Gasteiger partial charge < -0.3 is 0 Å². The molecule has 2 aliphatic carbocycles. The highest BCUT2D eigenvalue weighted by atomic mass is 19.1. The van der Waals surface area contributed by atoms with Crippen LogP contribution in [0.15, 0.2) is 18.2 Å². The van der Waals surface area contributed by atoms with Gasteiger partial charge in [0, 0.05) is 0 Å². The minimum Gasteiger partial charge on any atom is -0.207 e. The Kier molecular flexibility index (Phi) is 2.72. The molecule has 0 aromatic heterocycles. The van der Waals surface area contributed by atoms with Crippen LogP contribution in [-0.2, 0) is 0 Å². The fourth-order valence-electron chi connectivity index (χ4n) is 4.19. The molecule has 0 spiro atoms. The number of rotatable bonds is 1. The minimum absolute atomic E-state index is 0.0644. The molecule has 0 bridgehead atoms. The summed E-state index contributed by atoms with van der Waals surface area (Å²) in [4.78, 5) is 0. The first-order valence-electron chi connectivity index (χ1n) is 6.89. The summed E-state index contributed by atoms with van der Waals surface area (Å²) in [6.45, 7) is 4.37. The molecule has 0 heterocycles. The summed E-state index contributed by atoms with van der Waals surface area (Å²) in [6, 6.07) is 5.56. The van der Waals surface area contributed by atoms with Gasteiger partial charge in [-0.2, -0.15) is 0 Å². The Hall–Kier alpha value is -0.850. The standard InChI is InChI=1S/C16H21F/c1-10-3-12-7-15(8-13(12)4-10)14-5-11(2)6-16(17)9-14/h5-6,9-10,12-13,15H,3-4,7-8H2,1-2H3. The lowest BCUT2D eigenvalue weighted by molar-refractivity contribution is 0.457. The van der Waals surface area contributed by atoms with E-state index in [9.17, 15) is 4.39 Å². The predicted molar refractivity (Wildman–Crippen MR) is 68.5 cm³/mol. The average molecular weight is 232 g/mol. The first kappa shape index (κ1) is 11.3. The smallest absolute Gasteiger partial charge is 0.123 e. The third-order valence-corrected chi connectivity index (χ3v) is 4.79. The minimum atomic E-state index is -0.0644. The molecule has 0 nitrogen and oxygen atoms in total. The Morgan fingerprint density at radius 1 is 1.00 bits per heavy atom. The molecule has 2 unspecified atom stereocenters. The number of halogens is 1. The molecular formula is C16H21F. The van der Waals surface area contributed by atoms with Crippen LogP contribution in [0.25, 0.3) is 0 Å². The zero-order valence-corrected chi connectivity index (χ0v) is 10.7. The van der Waals surface area contributed by atoms with Gasteiger partial charge in [-0.15, -0.1) is 0 Å². The van der Waals surface area contributed by atoms with E-state index in [1.807, 2.05) is 6.92 Å². The van der Waals surface area contributed by atoms with Gasteiger partial charge in [-0.05, 0) is 79.5 Å². The van der Waals surface area contributed by atoms with Gasteiger partial charge in [0.2, 0.25) is 0 Å². The van der Waals surface area contributed by atoms with Crippen molar-refractivity contribution < 1.29 is 4.39 Å². The summed E-state index contributed by atoms with van der Waals surface area (Å²) in [5, 5.41) is 0. The maximum absolute atomic E-state index is 13.4. The van der Waals surface area contributed by atoms with Gasteiger partial charge in [-0.25, -0.2) is 4.39 Å². The van der Waals surface area contributed by atoms with Gasteiger partial charge in [0.15, 0.2) is 0 Å². The molecule has 3 rings (SSSR count). The first-order chi connectivity index (χ1) is 8.11. The maximum atomic E-state index is 13.4. The maximum Gasteiger partial charge on any atom is 0.123 e. The van der Waals surface area contributed by atoms with E-state index in [-0.39, 0.29) is 5.82 Å². The summed E-state index contributed by atoms with van der Waals surface area (Å²) >= 11 is 0. The lowest BCUT2D eigenvalue weighted by Gasteiger charge is -2.14. The monoisotopic (exact) mass is 232 g/mol. The van der Waals surface area contributed by atoms with Crippen LogP contribution >= 0.6 is 0 Å². The lowest BCUT2D eigenvalue weighted by atomic mass is 9.92. The predicted octanol–water partition coefficient (Wildman–Crippen LogP) is 4.67. The summed E-state index contributed by atoms with van der Waals surface area (Å²) in [6.07, 6.45) is 5.38. The van der Waals surface area contributed by atoms with Crippen LogP contribution in [0.5, 0.6) is 0 Å². The van der Waals surface area contributed by atoms with Crippen LogP contribution in [0.4, 0.5) is 4.39 Å². The van der Waals surface area contributed by atoms with Crippen LogP contribution in [0.3, 0.4) is 0 Å². The Balaban J connectivity index is 1.79. The van der Waals surface area contributed by atoms with Crippen LogP contribution in [0.1, 0.15) is 49.7 Å². The molecule has 0 aliphatic heterocycles. The molecule has 2 saturated carbocycles. The van der Waals surface area contributed by atoms with Crippen LogP contribution in [0, 0.1) is 30.5 Å². The Morgan fingerprint density at radius 3 is 2.24 bits per heavy atom. The first-order valence-corrected chi connectivity index (χ1v) is 6.89. The van der Waals surface area contributed by atoms with E-state index in [1.165, 1.54) is 31.2 Å². The van der Waals surface area contributed by atoms with Gasteiger partial charge in [0.1, 0.15) is 5.82 Å². The Morgan fingerprint density at radius 2 is 1.65 bits per heavy atom. The summed E-state index contributed by atoms with van der Waals surface area (Å²) < 4.78 is 13.4. The van der Waals surface area contributed by atoms with E-state index >= 15 is 0 Å². The second-order valence-corrected chi connectivity index (χ2v) is 6.33. The van der Waals surface area contributed by atoms with Crippen LogP contribution in [-0.4, -0.2) is 0 Å². The second kappa shape index (κ2) is 4.12. The molecule has 0 amide bonds. The molecule has 1 aromatic rings. The van der Waals surface area contributed by atoms with E-state index in [0.29, 0.717) is 5.92 Å². The number of aryl methyl sites for hydroxylation is 1. The van der Waals surface area contributed by atoms with Gasteiger partial charge in [-0.1, -0.05) is 13.0 Å². The number of benzene rings is 1. The Labute approximate surface area is 103 Å². The van der Waals surface area contributed by atoms with Gasteiger partial charge >= 0.3 is 0 Å². The van der Waals surface area contributed by atoms with E-state index in [1.54, 1.807) is 12.1 Å². The highest BCUT2D eigenvalue weighted by Gasteiger charge is 2.40. The molecule has 2 aliphatic rings. The highest BCUT2D eigenvalue weighted by molar-refractivity contribution is 5.27. The molecule has 2 fully saturated rings. The average Bonchev–Trinajstić information content (AvgIpc) is 2.72. The molecule has 92 valence electrons. The van der Waals surface area contributed by atoms with Crippen molar-refractivity contribution in [1.29, 1.82) is 0 Å². The van der Waals surface area contributed by atoms with Crippen molar-refractivity contribution in [2.45, 2.75) is 45.4 Å².